The second-order valence-corrected chi connectivity index (χ2v) is 5.23. The summed E-state index contributed by atoms with van der Waals surface area (Å²) in [6.07, 6.45) is 3.53. The summed E-state index contributed by atoms with van der Waals surface area (Å²) in [7, 11) is 0. The number of carbonyl (C=O) groups is 2. The Labute approximate surface area is 134 Å². The lowest BCUT2D eigenvalue weighted by atomic mass is 9.95. The Kier molecular flexibility index (Phi) is 5.22. The van der Waals surface area contributed by atoms with E-state index in [0.29, 0.717) is 16.3 Å². The van der Waals surface area contributed by atoms with Crippen molar-refractivity contribution in [2.24, 2.45) is 0 Å². The first-order valence-corrected chi connectivity index (χ1v) is 7.22. The number of nitrogens with one attached hydrogen (secondary N) is 2. The van der Waals surface area contributed by atoms with Gasteiger partial charge in [0.05, 0.1) is 11.6 Å². The summed E-state index contributed by atoms with van der Waals surface area (Å²) in [5.74, 6) is -0.479. The van der Waals surface area contributed by atoms with Crippen molar-refractivity contribution in [3.05, 3.63) is 58.3 Å². The van der Waals surface area contributed by atoms with Crippen molar-refractivity contribution in [2.75, 3.05) is 6.61 Å². The van der Waals surface area contributed by atoms with Gasteiger partial charge >= 0.3 is 12.0 Å². The Morgan fingerprint density at radius 1 is 1.45 bits per heavy atom. The zero-order chi connectivity index (χ0) is 16.1. The molecular weight excluding hydrogens is 304 g/mol. The third-order valence-electron chi connectivity index (χ3n) is 3.22. The van der Waals surface area contributed by atoms with Gasteiger partial charge in [0.2, 0.25) is 0 Å². The molecule has 0 spiro atoms. The molecule has 5 nitrogen and oxygen atoms in total. The zero-order valence-corrected chi connectivity index (χ0v) is 13.1. The highest BCUT2D eigenvalue weighted by atomic mass is 35.5. The van der Waals surface area contributed by atoms with E-state index in [1.807, 2.05) is 6.92 Å². The molecule has 22 heavy (non-hydrogen) atoms. The first-order valence-electron chi connectivity index (χ1n) is 6.85. The molecule has 1 atom stereocenters. The summed E-state index contributed by atoms with van der Waals surface area (Å²) in [5, 5.41) is 5.85. The molecule has 0 aromatic heterocycles. The van der Waals surface area contributed by atoms with E-state index >= 15 is 0 Å². The average Bonchev–Trinajstić information content (AvgIpc) is 2.46. The molecule has 2 rings (SSSR count). The quantitative estimate of drug-likeness (QED) is 0.661. The van der Waals surface area contributed by atoms with Crippen molar-refractivity contribution in [2.45, 2.75) is 19.9 Å². The number of allylic oxidation sites excluding steroid dienone is 2. The lowest BCUT2D eigenvalue weighted by molar-refractivity contribution is -0.138. The molecule has 0 aliphatic carbocycles. The van der Waals surface area contributed by atoms with Crippen molar-refractivity contribution >= 4 is 23.6 Å². The molecule has 1 aliphatic heterocycles. The van der Waals surface area contributed by atoms with Gasteiger partial charge in [-0.05, 0) is 31.5 Å². The molecule has 1 aromatic rings. The standard InChI is InChI=1S/C16H17ClN2O3/c1-3-4-8-22-15(20)13-10(2)18-16(21)19-14(13)11-6-5-7-12(17)9-11/h3-7,9,14H,8H2,1-2H3,(H2,18,19,21)/b4-3-/t14-/m1/s1. The van der Waals surface area contributed by atoms with Gasteiger partial charge in [-0.25, -0.2) is 9.59 Å². The van der Waals surface area contributed by atoms with Crippen molar-refractivity contribution in [3.8, 4) is 0 Å². The first-order chi connectivity index (χ1) is 10.5. The number of carbonyl (C=O) groups excluding carboxylic acids is 2. The third-order valence-corrected chi connectivity index (χ3v) is 3.45. The second-order valence-electron chi connectivity index (χ2n) is 4.79. The molecule has 2 amide bonds. The van der Waals surface area contributed by atoms with Gasteiger partial charge in [0.1, 0.15) is 6.61 Å². The van der Waals surface area contributed by atoms with Gasteiger partial charge in [0.15, 0.2) is 0 Å². The predicted octanol–water partition coefficient (Wildman–Crippen LogP) is 3.09. The monoisotopic (exact) mass is 320 g/mol. The zero-order valence-electron chi connectivity index (χ0n) is 12.4. The maximum atomic E-state index is 12.3. The number of rotatable bonds is 4. The Balaban J connectivity index is 2.34. The highest BCUT2D eigenvalue weighted by Gasteiger charge is 2.32. The number of urea groups is 1. The molecule has 0 unspecified atom stereocenters. The topological polar surface area (TPSA) is 67.4 Å². The summed E-state index contributed by atoms with van der Waals surface area (Å²) in [5.41, 5.74) is 1.56. The van der Waals surface area contributed by atoms with Crippen LogP contribution in [0.4, 0.5) is 4.79 Å². The Hall–Kier alpha value is -2.27. The summed E-state index contributed by atoms with van der Waals surface area (Å²) >= 11 is 6.00. The Bertz CT molecular complexity index is 653. The lowest BCUT2D eigenvalue weighted by Gasteiger charge is -2.28. The van der Waals surface area contributed by atoms with E-state index in [0.717, 1.165) is 5.56 Å². The van der Waals surface area contributed by atoms with Crippen LogP contribution in [0.2, 0.25) is 5.02 Å². The van der Waals surface area contributed by atoms with Crippen LogP contribution in [0.1, 0.15) is 25.5 Å². The van der Waals surface area contributed by atoms with E-state index in [2.05, 4.69) is 10.6 Å². The number of hydrogen-bond acceptors (Lipinski definition) is 3. The van der Waals surface area contributed by atoms with E-state index in [4.69, 9.17) is 16.3 Å². The van der Waals surface area contributed by atoms with Crippen LogP contribution < -0.4 is 10.6 Å². The van der Waals surface area contributed by atoms with Crippen LogP contribution in [0.25, 0.3) is 0 Å². The van der Waals surface area contributed by atoms with Crippen LogP contribution >= 0.6 is 11.6 Å². The van der Waals surface area contributed by atoms with E-state index in [-0.39, 0.29) is 12.6 Å². The molecule has 0 fully saturated rings. The molecule has 0 saturated carbocycles. The van der Waals surface area contributed by atoms with Gasteiger partial charge in [-0.2, -0.15) is 0 Å². The van der Waals surface area contributed by atoms with Crippen molar-refractivity contribution < 1.29 is 14.3 Å². The fourth-order valence-corrected chi connectivity index (χ4v) is 2.40. The first kappa shape index (κ1) is 16.1. The molecule has 0 saturated heterocycles. The minimum Gasteiger partial charge on any atom is -0.458 e. The maximum absolute atomic E-state index is 12.3. The number of benzene rings is 1. The SMILES string of the molecule is C/C=C\COC(=O)C1=C(C)NC(=O)N[C@@H]1c1cccc(Cl)c1. The van der Waals surface area contributed by atoms with Crippen molar-refractivity contribution in [1.29, 1.82) is 0 Å². The molecule has 1 aliphatic rings. The Morgan fingerprint density at radius 2 is 2.23 bits per heavy atom. The molecule has 0 bridgehead atoms. The van der Waals surface area contributed by atoms with Gasteiger partial charge in [-0.1, -0.05) is 35.9 Å². The number of amides is 2. The summed E-state index contributed by atoms with van der Waals surface area (Å²) < 4.78 is 5.20. The van der Waals surface area contributed by atoms with Crippen LogP contribution in [0.5, 0.6) is 0 Å². The normalized spacial score (nSPS) is 18.1. The van der Waals surface area contributed by atoms with Crippen LogP contribution in [0.3, 0.4) is 0 Å². The van der Waals surface area contributed by atoms with Gasteiger partial charge < -0.3 is 15.4 Å². The fourth-order valence-electron chi connectivity index (χ4n) is 2.20. The van der Waals surface area contributed by atoms with E-state index in [9.17, 15) is 9.59 Å². The minimum atomic E-state index is -0.592. The second kappa shape index (κ2) is 7.13. The van der Waals surface area contributed by atoms with Gasteiger partial charge in [0.25, 0.3) is 0 Å². The smallest absolute Gasteiger partial charge is 0.338 e. The summed E-state index contributed by atoms with van der Waals surface area (Å²) in [4.78, 5) is 24.0. The van der Waals surface area contributed by atoms with E-state index in [1.165, 1.54) is 0 Å². The molecule has 1 aromatic carbocycles. The molecule has 6 heteroatoms. The average molecular weight is 321 g/mol. The Morgan fingerprint density at radius 3 is 2.91 bits per heavy atom. The van der Waals surface area contributed by atoms with Crippen LogP contribution in [-0.2, 0) is 9.53 Å². The predicted molar refractivity (Wildman–Crippen MR) is 84.3 cm³/mol. The summed E-state index contributed by atoms with van der Waals surface area (Å²) in [6, 6.07) is 6.05. The third kappa shape index (κ3) is 3.68. The summed E-state index contributed by atoms with van der Waals surface area (Å²) in [6.45, 7) is 3.69. The number of halogens is 1. The highest BCUT2D eigenvalue weighted by molar-refractivity contribution is 6.30. The van der Waals surface area contributed by atoms with Gasteiger partial charge in [-0.3, -0.25) is 0 Å². The number of esters is 1. The minimum absolute atomic E-state index is 0.183. The molecular formula is C16H17ClN2O3. The van der Waals surface area contributed by atoms with E-state index in [1.54, 1.807) is 43.3 Å². The fraction of sp³-hybridized carbons (Fsp3) is 0.250. The number of ether oxygens (including phenoxy) is 1. The van der Waals surface area contributed by atoms with Crippen molar-refractivity contribution in [3.63, 3.8) is 0 Å². The number of hydrogen-bond donors (Lipinski definition) is 2. The highest BCUT2D eigenvalue weighted by Crippen LogP contribution is 2.28. The molecule has 2 N–H and O–H groups in total. The van der Waals surface area contributed by atoms with Gasteiger partial charge in [-0.15, -0.1) is 0 Å². The largest absolute Gasteiger partial charge is 0.458 e. The van der Waals surface area contributed by atoms with Crippen LogP contribution in [0.15, 0.2) is 47.7 Å². The van der Waals surface area contributed by atoms with Crippen LogP contribution in [0, 0.1) is 0 Å². The molecule has 1 heterocycles. The lowest BCUT2D eigenvalue weighted by Crippen LogP contribution is -2.45. The van der Waals surface area contributed by atoms with E-state index < -0.39 is 12.0 Å². The van der Waals surface area contributed by atoms with Crippen LogP contribution in [-0.4, -0.2) is 18.6 Å². The molecule has 0 radical (unpaired) electrons. The molecule has 116 valence electrons. The van der Waals surface area contributed by atoms with Gasteiger partial charge in [0, 0.05) is 10.7 Å². The maximum Gasteiger partial charge on any atom is 0.338 e. The van der Waals surface area contributed by atoms with Crippen molar-refractivity contribution in [1.82, 2.24) is 10.6 Å².